The smallest absolute Gasteiger partial charge is 0.311 e. The molecule has 1 aromatic heterocycles. The number of anilines is 1. The van der Waals surface area contributed by atoms with Gasteiger partial charge in [-0.15, -0.1) is 11.3 Å². The van der Waals surface area contributed by atoms with Crippen LogP contribution in [0.3, 0.4) is 0 Å². The largest absolute Gasteiger partial charge is 0.452 e. The Balaban J connectivity index is 1.62. The van der Waals surface area contributed by atoms with Crippen molar-refractivity contribution in [1.82, 2.24) is 0 Å². The lowest BCUT2D eigenvalue weighted by Gasteiger charge is -2.21. The minimum Gasteiger partial charge on any atom is -0.452 e. The van der Waals surface area contributed by atoms with E-state index in [0.29, 0.717) is 6.54 Å². The van der Waals surface area contributed by atoms with Crippen LogP contribution in [0.15, 0.2) is 41.8 Å². The van der Waals surface area contributed by atoms with E-state index in [4.69, 9.17) is 4.74 Å². The number of fused-ring (bicyclic) bond motifs is 1. The van der Waals surface area contributed by atoms with Crippen LogP contribution >= 0.6 is 11.3 Å². The molecule has 0 radical (unpaired) electrons. The molecule has 1 aliphatic heterocycles. The Labute approximate surface area is 133 Å². The van der Waals surface area contributed by atoms with Gasteiger partial charge in [-0.1, -0.05) is 24.3 Å². The van der Waals surface area contributed by atoms with Gasteiger partial charge in [0.2, 0.25) is 0 Å². The van der Waals surface area contributed by atoms with Gasteiger partial charge < -0.3 is 9.64 Å². The van der Waals surface area contributed by atoms with Crippen LogP contribution < -0.4 is 4.90 Å². The molecular formula is C17H17NO3S. The number of carbonyl (C=O) groups is 2. The van der Waals surface area contributed by atoms with Crippen molar-refractivity contribution in [1.29, 1.82) is 0 Å². The normalized spacial score (nSPS) is 14.5. The number of carbonyl (C=O) groups excluding carboxylic acids is 2. The van der Waals surface area contributed by atoms with Crippen LogP contribution in [0.2, 0.25) is 0 Å². The monoisotopic (exact) mass is 315 g/mol. The van der Waals surface area contributed by atoms with Gasteiger partial charge in [0.1, 0.15) is 0 Å². The molecule has 1 aliphatic rings. The second kappa shape index (κ2) is 6.32. The summed E-state index contributed by atoms with van der Waals surface area (Å²) in [6.45, 7) is 2.28. The van der Waals surface area contributed by atoms with E-state index in [1.165, 1.54) is 11.3 Å². The van der Waals surface area contributed by atoms with E-state index in [9.17, 15) is 9.59 Å². The number of benzene rings is 1. The van der Waals surface area contributed by atoms with Crippen molar-refractivity contribution in [3.05, 3.63) is 52.2 Å². The predicted molar refractivity (Wildman–Crippen MR) is 86.1 cm³/mol. The van der Waals surface area contributed by atoms with E-state index in [2.05, 4.69) is 0 Å². The molecule has 1 amide bonds. The third-order valence-electron chi connectivity index (χ3n) is 3.71. The molecule has 0 saturated carbocycles. The maximum atomic E-state index is 12.5. The highest BCUT2D eigenvalue weighted by molar-refractivity contribution is 7.10. The van der Waals surface area contributed by atoms with Crippen molar-refractivity contribution in [3.8, 4) is 0 Å². The molecule has 114 valence electrons. The first-order valence-electron chi connectivity index (χ1n) is 7.26. The Morgan fingerprint density at radius 1 is 1.27 bits per heavy atom. The minimum absolute atomic E-state index is 0.163. The summed E-state index contributed by atoms with van der Waals surface area (Å²) in [4.78, 5) is 27.0. The standard InChI is InChI=1S/C17H17NO3S/c1-12(21-16(19)11-14-6-4-10-22-14)17(20)18-9-8-13-5-2-3-7-15(13)18/h2-7,10,12H,8-9,11H2,1H3/t12-/m0/s1. The van der Waals surface area contributed by atoms with Crippen LogP contribution in [0.1, 0.15) is 17.4 Å². The Kier molecular flexibility index (Phi) is 4.24. The Bertz CT molecular complexity index is 681. The zero-order chi connectivity index (χ0) is 15.5. The summed E-state index contributed by atoms with van der Waals surface area (Å²) in [6, 6.07) is 11.6. The second-order valence-corrected chi connectivity index (χ2v) is 6.29. The maximum Gasteiger partial charge on any atom is 0.311 e. The number of hydrogen-bond donors (Lipinski definition) is 0. The topological polar surface area (TPSA) is 46.6 Å². The average Bonchev–Trinajstić information content (AvgIpc) is 3.15. The molecule has 22 heavy (non-hydrogen) atoms. The Morgan fingerprint density at radius 3 is 2.86 bits per heavy atom. The molecular weight excluding hydrogens is 298 g/mol. The van der Waals surface area contributed by atoms with Crippen LogP contribution in [0.4, 0.5) is 5.69 Å². The summed E-state index contributed by atoms with van der Waals surface area (Å²) < 4.78 is 5.29. The Hall–Kier alpha value is -2.14. The van der Waals surface area contributed by atoms with Gasteiger partial charge in [-0.2, -0.15) is 0 Å². The molecule has 2 aromatic rings. The molecule has 1 atom stereocenters. The van der Waals surface area contributed by atoms with Gasteiger partial charge in [-0.05, 0) is 36.4 Å². The average molecular weight is 315 g/mol. The van der Waals surface area contributed by atoms with Crippen LogP contribution in [0, 0.1) is 0 Å². The molecule has 0 bridgehead atoms. The second-order valence-electron chi connectivity index (χ2n) is 5.26. The summed E-state index contributed by atoms with van der Waals surface area (Å²) in [7, 11) is 0. The number of amides is 1. The summed E-state index contributed by atoms with van der Waals surface area (Å²) in [5.74, 6) is -0.528. The van der Waals surface area contributed by atoms with Gasteiger partial charge in [0, 0.05) is 17.1 Å². The highest BCUT2D eigenvalue weighted by Gasteiger charge is 2.29. The number of nitrogens with zero attached hydrogens (tertiary/aromatic N) is 1. The first-order chi connectivity index (χ1) is 10.6. The van der Waals surface area contributed by atoms with Crippen LogP contribution in [0.5, 0.6) is 0 Å². The number of ether oxygens (including phenoxy) is 1. The molecule has 1 aromatic carbocycles. The fourth-order valence-corrected chi connectivity index (χ4v) is 3.32. The third kappa shape index (κ3) is 3.04. The number of para-hydroxylation sites is 1. The third-order valence-corrected chi connectivity index (χ3v) is 4.58. The molecule has 0 fully saturated rings. The number of hydrogen-bond acceptors (Lipinski definition) is 4. The van der Waals surface area contributed by atoms with E-state index in [1.54, 1.807) is 11.8 Å². The fourth-order valence-electron chi connectivity index (χ4n) is 2.63. The first-order valence-corrected chi connectivity index (χ1v) is 8.14. The van der Waals surface area contributed by atoms with Crippen LogP contribution in [0.25, 0.3) is 0 Å². The van der Waals surface area contributed by atoms with Crippen molar-refractivity contribution >= 4 is 28.9 Å². The van der Waals surface area contributed by atoms with Crippen LogP contribution in [-0.2, 0) is 27.2 Å². The Morgan fingerprint density at radius 2 is 2.09 bits per heavy atom. The van der Waals surface area contributed by atoms with E-state index in [-0.39, 0.29) is 18.3 Å². The highest BCUT2D eigenvalue weighted by atomic mass is 32.1. The summed E-state index contributed by atoms with van der Waals surface area (Å²) in [5.41, 5.74) is 2.08. The lowest BCUT2D eigenvalue weighted by atomic mass is 10.2. The van der Waals surface area contributed by atoms with Crippen molar-refractivity contribution in [2.45, 2.75) is 25.9 Å². The quantitative estimate of drug-likeness (QED) is 0.815. The van der Waals surface area contributed by atoms with Crippen molar-refractivity contribution in [2.24, 2.45) is 0 Å². The van der Waals surface area contributed by atoms with Crippen molar-refractivity contribution in [3.63, 3.8) is 0 Å². The summed E-state index contributed by atoms with van der Waals surface area (Å²) in [6.07, 6.45) is 0.294. The summed E-state index contributed by atoms with van der Waals surface area (Å²) in [5, 5.41) is 1.92. The predicted octanol–water partition coefficient (Wildman–Crippen LogP) is 2.81. The van der Waals surface area contributed by atoms with Gasteiger partial charge in [0.25, 0.3) is 5.91 Å². The molecule has 5 heteroatoms. The van der Waals surface area contributed by atoms with Gasteiger partial charge in [-0.3, -0.25) is 9.59 Å². The van der Waals surface area contributed by atoms with Gasteiger partial charge >= 0.3 is 5.97 Å². The van der Waals surface area contributed by atoms with E-state index < -0.39 is 6.10 Å². The molecule has 0 N–H and O–H groups in total. The van der Waals surface area contributed by atoms with Crippen molar-refractivity contribution < 1.29 is 14.3 Å². The molecule has 2 heterocycles. The zero-order valence-electron chi connectivity index (χ0n) is 12.3. The van der Waals surface area contributed by atoms with Gasteiger partial charge in [0.05, 0.1) is 6.42 Å². The molecule has 0 saturated heterocycles. The zero-order valence-corrected chi connectivity index (χ0v) is 13.1. The summed E-state index contributed by atoms with van der Waals surface area (Å²) >= 11 is 1.51. The first kappa shape index (κ1) is 14.8. The van der Waals surface area contributed by atoms with Crippen LogP contribution in [-0.4, -0.2) is 24.5 Å². The molecule has 0 aliphatic carbocycles. The maximum absolute atomic E-state index is 12.5. The molecule has 0 unspecified atom stereocenters. The van der Waals surface area contributed by atoms with Crippen molar-refractivity contribution in [2.75, 3.05) is 11.4 Å². The van der Waals surface area contributed by atoms with Gasteiger partial charge in [0.15, 0.2) is 6.10 Å². The molecule has 0 spiro atoms. The minimum atomic E-state index is -0.765. The number of esters is 1. The van der Waals surface area contributed by atoms with Gasteiger partial charge in [-0.25, -0.2) is 0 Å². The molecule has 3 rings (SSSR count). The van der Waals surface area contributed by atoms with E-state index in [0.717, 1.165) is 22.5 Å². The lowest BCUT2D eigenvalue weighted by Crippen LogP contribution is -2.39. The number of thiophene rings is 1. The highest BCUT2D eigenvalue weighted by Crippen LogP contribution is 2.28. The van der Waals surface area contributed by atoms with E-state index in [1.807, 2.05) is 41.8 Å². The SMILES string of the molecule is C[C@H](OC(=O)Cc1cccs1)C(=O)N1CCc2ccccc21. The lowest BCUT2D eigenvalue weighted by molar-refractivity contribution is -0.153. The number of rotatable bonds is 4. The van der Waals surface area contributed by atoms with E-state index >= 15 is 0 Å². The fraction of sp³-hybridized carbons (Fsp3) is 0.294. The molecule has 4 nitrogen and oxygen atoms in total.